The Hall–Kier alpha value is -2.53. The highest BCUT2D eigenvalue weighted by molar-refractivity contribution is 7.99. The summed E-state index contributed by atoms with van der Waals surface area (Å²) < 4.78 is 42.1. The number of aromatic nitrogens is 3. The highest BCUT2D eigenvalue weighted by Crippen LogP contribution is 2.24. The molecule has 2 heterocycles. The average Bonchev–Trinajstić information content (AvgIpc) is 3.25. The molecule has 0 atom stereocenters. The highest BCUT2D eigenvalue weighted by atomic mass is 32.2. The van der Waals surface area contributed by atoms with Crippen molar-refractivity contribution in [2.24, 2.45) is 7.05 Å². The van der Waals surface area contributed by atoms with Crippen molar-refractivity contribution in [3.05, 3.63) is 52.5 Å². The molecule has 1 amide bonds. The lowest BCUT2D eigenvalue weighted by atomic mass is 10.3. The Morgan fingerprint density at radius 3 is 2.64 bits per heavy atom. The van der Waals surface area contributed by atoms with E-state index in [1.54, 1.807) is 11.3 Å². The number of thiophene rings is 1. The second kappa shape index (κ2) is 8.65. The molecule has 2 aromatic heterocycles. The third kappa shape index (κ3) is 5.73. The molecule has 0 saturated carbocycles. The minimum Gasteiger partial charge on any atom is -0.406 e. The molecule has 0 fully saturated rings. The van der Waals surface area contributed by atoms with Crippen molar-refractivity contribution in [2.75, 3.05) is 11.1 Å². The first kappa shape index (κ1) is 20.2. The second-order valence-corrected chi connectivity index (χ2v) is 7.60. The topological polar surface area (TPSA) is 69.0 Å². The molecule has 148 valence electrons. The van der Waals surface area contributed by atoms with Gasteiger partial charge in [0.15, 0.2) is 5.16 Å². The van der Waals surface area contributed by atoms with Gasteiger partial charge in [-0.25, -0.2) is 0 Å². The van der Waals surface area contributed by atoms with Crippen LogP contribution in [-0.4, -0.2) is 32.8 Å². The molecule has 0 radical (unpaired) electrons. The van der Waals surface area contributed by atoms with Crippen molar-refractivity contribution in [3.63, 3.8) is 0 Å². The van der Waals surface area contributed by atoms with Crippen LogP contribution in [0.4, 0.5) is 18.9 Å². The zero-order valence-electron chi connectivity index (χ0n) is 14.6. The molecule has 1 N–H and O–H groups in total. The minimum atomic E-state index is -4.75. The Bertz CT molecular complexity index is 925. The normalized spacial score (nSPS) is 11.4. The minimum absolute atomic E-state index is 0.0891. The number of nitrogens with zero attached hydrogens (tertiary/aromatic N) is 3. The van der Waals surface area contributed by atoms with E-state index in [0.29, 0.717) is 17.3 Å². The largest absolute Gasteiger partial charge is 0.573 e. The quantitative estimate of drug-likeness (QED) is 0.574. The van der Waals surface area contributed by atoms with Crippen LogP contribution in [-0.2, 0) is 18.3 Å². The van der Waals surface area contributed by atoms with E-state index in [2.05, 4.69) is 20.3 Å². The van der Waals surface area contributed by atoms with Crippen LogP contribution < -0.4 is 10.1 Å². The van der Waals surface area contributed by atoms with Crippen LogP contribution in [0.15, 0.2) is 46.9 Å². The summed E-state index contributed by atoms with van der Waals surface area (Å²) in [5.41, 5.74) is 0.372. The summed E-state index contributed by atoms with van der Waals surface area (Å²) in [7, 11) is 1.84. The van der Waals surface area contributed by atoms with Gasteiger partial charge < -0.3 is 14.6 Å². The van der Waals surface area contributed by atoms with E-state index in [4.69, 9.17) is 0 Å². The monoisotopic (exact) mass is 428 g/mol. The maximum absolute atomic E-state index is 12.1. The van der Waals surface area contributed by atoms with Gasteiger partial charge >= 0.3 is 6.36 Å². The fraction of sp³-hybridized carbons (Fsp3) is 0.235. The predicted molar refractivity (Wildman–Crippen MR) is 101 cm³/mol. The number of hydrogen-bond acceptors (Lipinski definition) is 6. The van der Waals surface area contributed by atoms with E-state index in [9.17, 15) is 18.0 Å². The maximum atomic E-state index is 12.1. The van der Waals surface area contributed by atoms with Crippen LogP contribution in [0.2, 0.25) is 0 Å². The SMILES string of the molecule is Cn1c(Cc2cccs2)nnc1SCC(=O)Nc1ccc(OC(F)(F)F)cc1. The van der Waals surface area contributed by atoms with Gasteiger partial charge in [-0.05, 0) is 35.7 Å². The number of amides is 1. The molecule has 0 aliphatic heterocycles. The number of nitrogens with one attached hydrogen (secondary N) is 1. The molecule has 0 unspecified atom stereocenters. The van der Waals surface area contributed by atoms with Crippen molar-refractivity contribution >= 4 is 34.7 Å². The number of anilines is 1. The van der Waals surface area contributed by atoms with Gasteiger partial charge in [-0.2, -0.15) is 0 Å². The summed E-state index contributed by atoms with van der Waals surface area (Å²) in [6.45, 7) is 0. The Balaban J connectivity index is 1.51. The van der Waals surface area contributed by atoms with Gasteiger partial charge in [0.2, 0.25) is 5.91 Å². The van der Waals surface area contributed by atoms with Crippen molar-refractivity contribution in [1.29, 1.82) is 0 Å². The molecule has 0 aliphatic rings. The van der Waals surface area contributed by atoms with Crippen LogP contribution in [0.1, 0.15) is 10.7 Å². The summed E-state index contributed by atoms with van der Waals surface area (Å²) in [5.74, 6) is 0.228. The first-order valence-corrected chi connectivity index (χ1v) is 9.86. The van der Waals surface area contributed by atoms with Crippen molar-refractivity contribution < 1.29 is 22.7 Å². The number of benzene rings is 1. The third-order valence-electron chi connectivity index (χ3n) is 3.54. The first-order chi connectivity index (χ1) is 13.3. The van der Waals surface area contributed by atoms with E-state index in [1.807, 2.05) is 29.1 Å². The Kier molecular flexibility index (Phi) is 6.25. The molecule has 0 aliphatic carbocycles. The van der Waals surface area contributed by atoms with Crippen molar-refractivity contribution in [3.8, 4) is 5.75 Å². The summed E-state index contributed by atoms with van der Waals surface area (Å²) in [6.07, 6.45) is -4.08. The van der Waals surface area contributed by atoms with E-state index in [-0.39, 0.29) is 17.4 Å². The molecule has 0 bridgehead atoms. The van der Waals surface area contributed by atoms with Crippen LogP contribution in [0.3, 0.4) is 0 Å². The summed E-state index contributed by atoms with van der Waals surface area (Å²) >= 11 is 2.86. The molecule has 1 aromatic carbocycles. The fourth-order valence-electron chi connectivity index (χ4n) is 2.26. The van der Waals surface area contributed by atoms with Gasteiger partial charge in [-0.1, -0.05) is 17.8 Å². The Labute approximate surface area is 166 Å². The lowest BCUT2D eigenvalue weighted by Crippen LogP contribution is -2.17. The van der Waals surface area contributed by atoms with Gasteiger partial charge in [0.25, 0.3) is 0 Å². The second-order valence-electron chi connectivity index (χ2n) is 5.62. The number of rotatable bonds is 7. The summed E-state index contributed by atoms with van der Waals surface area (Å²) in [6, 6.07) is 8.94. The molecule has 28 heavy (non-hydrogen) atoms. The van der Waals surface area contributed by atoms with Crippen molar-refractivity contribution in [2.45, 2.75) is 17.9 Å². The number of thioether (sulfide) groups is 1. The van der Waals surface area contributed by atoms with Crippen LogP contribution in [0.5, 0.6) is 5.75 Å². The molecule has 3 rings (SSSR count). The summed E-state index contributed by atoms with van der Waals surface area (Å²) in [5, 5.41) is 13.5. The van der Waals surface area contributed by atoms with Gasteiger partial charge in [0.1, 0.15) is 11.6 Å². The molecule has 6 nitrogen and oxygen atoms in total. The first-order valence-electron chi connectivity index (χ1n) is 7.99. The highest BCUT2D eigenvalue weighted by Gasteiger charge is 2.30. The molecule has 3 aromatic rings. The zero-order valence-corrected chi connectivity index (χ0v) is 16.2. The Morgan fingerprint density at radius 1 is 1.25 bits per heavy atom. The lowest BCUT2D eigenvalue weighted by Gasteiger charge is -2.10. The maximum Gasteiger partial charge on any atom is 0.573 e. The average molecular weight is 428 g/mol. The van der Waals surface area contributed by atoms with Crippen molar-refractivity contribution in [1.82, 2.24) is 14.8 Å². The zero-order chi connectivity index (χ0) is 20.1. The molecule has 0 spiro atoms. The van der Waals surface area contributed by atoms with E-state index in [0.717, 1.165) is 18.0 Å². The van der Waals surface area contributed by atoms with Gasteiger partial charge in [0, 0.05) is 24.0 Å². The number of alkyl halides is 3. The number of halogens is 3. The van der Waals surface area contributed by atoms with Crippen LogP contribution in [0, 0.1) is 0 Å². The summed E-state index contributed by atoms with van der Waals surface area (Å²) in [4.78, 5) is 13.2. The smallest absolute Gasteiger partial charge is 0.406 e. The van der Waals surface area contributed by atoms with E-state index >= 15 is 0 Å². The van der Waals surface area contributed by atoms with Gasteiger partial charge in [-0.3, -0.25) is 4.79 Å². The number of hydrogen-bond donors (Lipinski definition) is 1. The molecule has 11 heteroatoms. The third-order valence-corrected chi connectivity index (χ3v) is 5.44. The Morgan fingerprint density at radius 2 is 2.00 bits per heavy atom. The van der Waals surface area contributed by atoms with E-state index in [1.165, 1.54) is 28.8 Å². The predicted octanol–water partition coefficient (Wildman–Crippen LogP) is 4.10. The standard InChI is InChI=1S/C17H15F3N4O2S2/c1-24-14(9-13-3-2-8-27-13)22-23-16(24)28-10-15(25)21-11-4-6-12(7-5-11)26-17(18,19)20/h2-8H,9-10H2,1H3,(H,21,25). The van der Waals surface area contributed by atoms with E-state index < -0.39 is 6.36 Å². The molecular weight excluding hydrogens is 413 g/mol. The number of ether oxygens (including phenoxy) is 1. The van der Waals surface area contributed by atoms with Crippen LogP contribution >= 0.6 is 23.1 Å². The lowest BCUT2D eigenvalue weighted by molar-refractivity contribution is -0.274. The number of carbonyl (C=O) groups excluding carboxylic acids is 1. The van der Waals surface area contributed by atoms with Gasteiger partial charge in [-0.15, -0.1) is 34.7 Å². The van der Waals surface area contributed by atoms with Crippen LogP contribution in [0.25, 0.3) is 0 Å². The van der Waals surface area contributed by atoms with Gasteiger partial charge in [0.05, 0.1) is 5.75 Å². The fourth-order valence-corrected chi connectivity index (χ4v) is 3.69. The molecule has 0 saturated heterocycles. The number of carbonyl (C=O) groups is 1. The molecular formula is C17H15F3N4O2S2.